The van der Waals surface area contributed by atoms with Gasteiger partial charge < -0.3 is 10.1 Å². The highest BCUT2D eigenvalue weighted by Gasteiger charge is 2.21. The van der Waals surface area contributed by atoms with E-state index in [0.717, 1.165) is 0 Å². The van der Waals surface area contributed by atoms with E-state index in [1.165, 1.54) is 18.5 Å². The van der Waals surface area contributed by atoms with Crippen LogP contribution in [0.1, 0.15) is 13.8 Å². The average molecular weight is 232 g/mol. The van der Waals surface area contributed by atoms with E-state index in [1.54, 1.807) is 0 Å². The Kier molecular flexibility index (Phi) is 3.90. The Morgan fingerprint density at radius 2 is 2.20 bits per heavy atom. The summed E-state index contributed by atoms with van der Waals surface area (Å²) in [5, 5.41) is 9.02. The maximum Gasteiger partial charge on any atom is 0.242 e. The van der Waals surface area contributed by atoms with Gasteiger partial charge in [-0.2, -0.15) is 0 Å². The van der Waals surface area contributed by atoms with Crippen molar-refractivity contribution < 1.29 is 13.5 Å². The molecule has 0 saturated carbocycles. The molecule has 0 spiro atoms. The molecule has 1 unspecified atom stereocenters. The first-order valence-electron chi connectivity index (χ1n) is 4.73. The van der Waals surface area contributed by atoms with Gasteiger partial charge in [-0.05, 0) is 12.0 Å². The summed E-state index contributed by atoms with van der Waals surface area (Å²) < 4.78 is 25.9. The lowest BCUT2D eigenvalue weighted by Crippen LogP contribution is -2.40. The SMILES string of the molecule is CC(C)C(CO)NS(=O)(=O)c1cc[nH]c1. The fraction of sp³-hybridized carbons (Fsp3) is 0.556. The highest BCUT2D eigenvalue weighted by Crippen LogP contribution is 2.10. The van der Waals surface area contributed by atoms with Crippen LogP contribution in [-0.4, -0.2) is 31.2 Å². The zero-order valence-corrected chi connectivity index (χ0v) is 9.58. The second kappa shape index (κ2) is 4.78. The third-order valence-electron chi connectivity index (χ3n) is 2.19. The van der Waals surface area contributed by atoms with Crippen LogP contribution in [0, 0.1) is 5.92 Å². The summed E-state index contributed by atoms with van der Waals surface area (Å²) in [6.45, 7) is 3.49. The third-order valence-corrected chi connectivity index (χ3v) is 3.68. The minimum absolute atomic E-state index is 0.0451. The van der Waals surface area contributed by atoms with Crippen molar-refractivity contribution in [3.8, 4) is 0 Å². The molecular weight excluding hydrogens is 216 g/mol. The second-order valence-electron chi connectivity index (χ2n) is 3.70. The Bertz CT molecular complexity index is 383. The van der Waals surface area contributed by atoms with Gasteiger partial charge in [0.15, 0.2) is 0 Å². The highest BCUT2D eigenvalue weighted by molar-refractivity contribution is 7.89. The van der Waals surface area contributed by atoms with Crippen molar-refractivity contribution in [2.24, 2.45) is 5.92 Å². The van der Waals surface area contributed by atoms with Gasteiger partial charge >= 0.3 is 0 Å². The molecule has 0 aromatic carbocycles. The van der Waals surface area contributed by atoms with E-state index in [1.807, 2.05) is 13.8 Å². The number of aliphatic hydroxyl groups excluding tert-OH is 1. The van der Waals surface area contributed by atoms with Crippen LogP contribution in [0.3, 0.4) is 0 Å². The Morgan fingerprint density at radius 1 is 1.53 bits per heavy atom. The summed E-state index contributed by atoms with van der Waals surface area (Å²) in [7, 11) is -3.51. The molecule has 0 amide bonds. The van der Waals surface area contributed by atoms with Crippen molar-refractivity contribution in [2.75, 3.05) is 6.61 Å². The quantitative estimate of drug-likeness (QED) is 0.683. The van der Waals surface area contributed by atoms with E-state index < -0.39 is 16.1 Å². The van der Waals surface area contributed by atoms with Gasteiger partial charge in [-0.1, -0.05) is 13.8 Å². The van der Waals surface area contributed by atoms with Crippen LogP contribution in [0.2, 0.25) is 0 Å². The monoisotopic (exact) mass is 232 g/mol. The lowest BCUT2D eigenvalue weighted by atomic mass is 10.1. The van der Waals surface area contributed by atoms with Crippen LogP contribution in [-0.2, 0) is 10.0 Å². The summed E-state index contributed by atoms with van der Waals surface area (Å²) >= 11 is 0. The molecule has 1 aromatic heterocycles. The molecule has 1 heterocycles. The summed E-state index contributed by atoms with van der Waals surface area (Å²) in [6, 6.07) is 1.02. The van der Waals surface area contributed by atoms with Gasteiger partial charge in [-0.3, -0.25) is 0 Å². The zero-order chi connectivity index (χ0) is 11.5. The van der Waals surface area contributed by atoms with E-state index in [9.17, 15) is 8.42 Å². The van der Waals surface area contributed by atoms with Gasteiger partial charge in [0, 0.05) is 18.4 Å². The molecule has 0 fully saturated rings. The number of aromatic amines is 1. The molecule has 1 atom stereocenters. The fourth-order valence-corrected chi connectivity index (χ4v) is 2.48. The van der Waals surface area contributed by atoms with Gasteiger partial charge in [0.25, 0.3) is 0 Å². The van der Waals surface area contributed by atoms with Crippen molar-refractivity contribution in [1.29, 1.82) is 0 Å². The van der Waals surface area contributed by atoms with Crippen LogP contribution in [0.25, 0.3) is 0 Å². The van der Waals surface area contributed by atoms with Crippen molar-refractivity contribution >= 4 is 10.0 Å². The molecule has 15 heavy (non-hydrogen) atoms. The number of aliphatic hydroxyl groups is 1. The van der Waals surface area contributed by atoms with Crippen LogP contribution in [0.15, 0.2) is 23.4 Å². The number of nitrogens with one attached hydrogen (secondary N) is 2. The zero-order valence-electron chi connectivity index (χ0n) is 8.77. The van der Waals surface area contributed by atoms with Gasteiger partial charge in [0.05, 0.1) is 11.5 Å². The fourth-order valence-electron chi connectivity index (χ4n) is 1.13. The number of rotatable bonds is 5. The number of hydrogen-bond donors (Lipinski definition) is 3. The van der Waals surface area contributed by atoms with Gasteiger partial charge in [0.2, 0.25) is 10.0 Å². The third kappa shape index (κ3) is 3.05. The van der Waals surface area contributed by atoms with Crippen molar-refractivity contribution in [1.82, 2.24) is 9.71 Å². The first kappa shape index (κ1) is 12.2. The Hall–Kier alpha value is -0.850. The molecule has 0 saturated heterocycles. The minimum Gasteiger partial charge on any atom is -0.395 e. The molecule has 0 aliphatic carbocycles. The molecule has 1 rings (SSSR count). The smallest absolute Gasteiger partial charge is 0.242 e. The molecule has 0 bridgehead atoms. The number of H-pyrrole nitrogens is 1. The van der Waals surface area contributed by atoms with E-state index in [0.29, 0.717) is 0 Å². The first-order chi connectivity index (χ1) is 6.97. The van der Waals surface area contributed by atoms with E-state index in [4.69, 9.17) is 5.11 Å². The molecule has 0 aliphatic rings. The van der Waals surface area contributed by atoms with Crippen LogP contribution in [0.4, 0.5) is 0 Å². The van der Waals surface area contributed by atoms with Crippen molar-refractivity contribution in [3.63, 3.8) is 0 Å². The molecule has 1 aromatic rings. The van der Waals surface area contributed by atoms with Crippen molar-refractivity contribution in [3.05, 3.63) is 18.5 Å². The molecule has 6 heteroatoms. The number of sulfonamides is 1. The first-order valence-corrected chi connectivity index (χ1v) is 6.21. The molecular formula is C9H16N2O3S. The number of hydrogen-bond acceptors (Lipinski definition) is 3. The van der Waals surface area contributed by atoms with E-state index in [-0.39, 0.29) is 17.4 Å². The topological polar surface area (TPSA) is 82.2 Å². The van der Waals surface area contributed by atoms with Crippen LogP contribution < -0.4 is 4.72 Å². The Balaban J connectivity index is 2.81. The van der Waals surface area contributed by atoms with Gasteiger partial charge in [-0.15, -0.1) is 0 Å². The Labute approximate surface area is 89.6 Å². The molecule has 0 radical (unpaired) electrons. The summed E-state index contributed by atoms with van der Waals surface area (Å²) in [5.41, 5.74) is 0. The minimum atomic E-state index is -3.51. The van der Waals surface area contributed by atoms with Gasteiger partial charge in [-0.25, -0.2) is 13.1 Å². The predicted octanol–water partition coefficient (Wildman–Crippen LogP) is 0.310. The summed E-state index contributed by atoms with van der Waals surface area (Å²) in [4.78, 5) is 2.86. The predicted molar refractivity (Wildman–Crippen MR) is 56.8 cm³/mol. The molecule has 3 N–H and O–H groups in total. The maximum atomic E-state index is 11.7. The Morgan fingerprint density at radius 3 is 2.60 bits per heavy atom. The highest BCUT2D eigenvalue weighted by atomic mass is 32.2. The maximum absolute atomic E-state index is 11.7. The van der Waals surface area contributed by atoms with Crippen LogP contribution >= 0.6 is 0 Å². The largest absolute Gasteiger partial charge is 0.395 e. The average Bonchev–Trinajstić information content (AvgIpc) is 2.67. The van der Waals surface area contributed by atoms with Crippen LogP contribution in [0.5, 0.6) is 0 Å². The standard InChI is InChI=1S/C9H16N2O3S/c1-7(2)9(6-12)11-15(13,14)8-3-4-10-5-8/h3-5,7,9-12H,6H2,1-2H3. The van der Waals surface area contributed by atoms with Crippen molar-refractivity contribution in [2.45, 2.75) is 24.8 Å². The summed E-state index contributed by atoms with van der Waals surface area (Å²) in [6.07, 6.45) is 2.94. The summed E-state index contributed by atoms with van der Waals surface area (Å²) in [5.74, 6) is 0.0451. The van der Waals surface area contributed by atoms with E-state index in [2.05, 4.69) is 9.71 Å². The lowest BCUT2D eigenvalue weighted by molar-refractivity contribution is 0.227. The molecule has 5 nitrogen and oxygen atoms in total. The van der Waals surface area contributed by atoms with Gasteiger partial charge in [0.1, 0.15) is 0 Å². The van der Waals surface area contributed by atoms with E-state index >= 15 is 0 Å². The second-order valence-corrected chi connectivity index (χ2v) is 5.42. The number of aromatic nitrogens is 1. The molecule has 0 aliphatic heterocycles. The normalized spacial score (nSPS) is 14.4. The molecule has 86 valence electrons. The lowest BCUT2D eigenvalue weighted by Gasteiger charge is -2.19.